The highest BCUT2D eigenvalue weighted by molar-refractivity contribution is 7.84. The van der Waals surface area contributed by atoms with Crippen LogP contribution in [0.5, 0.6) is 0 Å². The molecule has 124 valence electrons. The summed E-state index contributed by atoms with van der Waals surface area (Å²) >= 11 is 0. The summed E-state index contributed by atoms with van der Waals surface area (Å²) in [5, 5.41) is 7.54. The number of likely N-dealkylation sites (N-methyl/N-ethyl adjacent to an activating group) is 1. The van der Waals surface area contributed by atoms with E-state index in [1.54, 1.807) is 14.0 Å². The van der Waals surface area contributed by atoms with Gasteiger partial charge >= 0.3 is 0 Å². The average Bonchev–Trinajstić information content (AvgIpc) is 2.96. The first-order valence-electron chi connectivity index (χ1n) is 6.73. The van der Waals surface area contributed by atoms with Gasteiger partial charge in [-0.25, -0.2) is 8.78 Å². The lowest BCUT2D eigenvalue weighted by molar-refractivity contribution is -0.132. The summed E-state index contributed by atoms with van der Waals surface area (Å²) < 4.78 is 39.2. The van der Waals surface area contributed by atoms with Crippen LogP contribution in [0.15, 0.2) is 29.7 Å². The zero-order valence-electron chi connectivity index (χ0n) is 12.9. The molecule has 0 saturated heterocycles. The maximum absolute atomic E-state index is 13.3. The van der Waals surface area contributed by atoms with Crippen LogP contribution >= 0.6 is 0 Å². The van der Waals surface area contributed by atoms with Crippen molar-refractivity contribution in [2.75, 3.05) is 13.3 Å². The zero-order chi connectivity index (χ0) is 17.1. The predicted octanol–water partition coefficient (Wildman–Crippen LogP) is 1.51. The van der Waals surface area contributed by atoms with E-state index in [4.69, 9.17) is 0 Å². The Kier molecular flexibility index (Phi) is 5.19. The molecule has 0 aliphatic heterocycles. The van der Waals surface area contributed by atoms with Crippen molar-refractivity contribution in [1.29, 1.82) is 0 Å². The van der Waals surface area contributed by atoms with Gasteiger partial charge in [-0.2, -0.15) is 0 Å². The Hall–Kier alpha value is -2.16. The van der Waals surface area contributed by atoms with E-state index in [-0.39, 0.29) is 17.6 Å². The monoisotopic (exact) mass is 342 g/mol. The highest BCUT2D eigenvalue weighted by Crippen LogP contribution is 2.21. The summed E-state index contributed by atoms with van der Waals surface area (Å²) in [7, 11) is 0.193. The van der Waals surface area contributed by atoms with Gasteiger partial charge in [-0.3, -0.25) is 13.6 Å². The first kappa shape index (κ1) is 17.2. The van der Waals surface area contributed by atoms with Crippen LogP contribution < -0.4 is 0 Å². The molecule has 0 radical (unpaired) electrons. The number of aromatic nitrogens is 3. The minimum absolute atomic E-state index is 0.0908. The molecule has 0 aliphatic rings. The van der Waals surface area contributed by atoms with Crippen LogP contribution in [0.1, 0.15) is 18.5 Å². The number of rotatable bonds is 5. The Labute approximate surface area is 134 Å². The predicted molar refractivity (Wildman–Crippen MR) is 79.9 cm³/mol. The quantitative estimate of drug-likeness (QED) is 0.826. The molecule has 1 heterocycles. The van der Waals surface area contributed by atoms with Crippen molar-refractivity contribution in [2.45, 2.75) is 24.7 Å². The largest absolute Gasteiger partial charge is 0.337 e. The molecule has 0 aliphatic carbocycles. The van der Waals surface area contributed by atoms with Gasteiger partial charge in [-0.1, -0.05) is 6.07 Å². The van der Waals surface area contributed by atoms with Crippen molar-refractivity contribution in [1.82, 2.24) is 19.7 Å². The second-order valence-corrected chi connectivity index (χ2v) is 6.32. The summed E-state index contributed by atoms with van der Waals surface area (Å²) in [6, 6.07) is 3.06. The van der Waals surface area contributed by atoms with Gasteiger partial charge in [-0.15, -0.1) is 10.2 Å². The van der Waals surface area contributed by atoms with E-state index in [0.29, 0.717) is 5.56 Å². The fraction of sp³-hybridized carbons (Fsp3) is 0.357. The summed E-state index contributed by atoms with van der Waals surface area (Å²) in [5.74, 6) is -2.19. The Morgan fingerprint density at radius 3 is 2.70 bits per heavy atom. The number of carbonyl (C=O) groups is 1. The number of amides is 1. The smallest absolute Gasteiger partial charge is 0.242 e. The van der Waals surface area contributed by atoms with Gasteiger partial charge in [0.1, 0.15) is 12.9 Å². The molecule has 0 saturated carbocycles. The van der Waals surface area contributed by atoms with Crippen molar-refractivity contribution in [2.24, 2.45) is 0 Å². The standard InChI is InChI=1S/C14H16F2N4O2S/c1-9(10-4-5-11(15)12(16)6-10)19(2)13(21)7-20-8-17-18-14(20)23(3)22/h4-6,8-9H,7H2,1-3H3/t9-,23-/m1/s1. The molecule has 0 spiro atoms. The van der Waals surface area contributed by atoms with Crippen molar-refractivity contribution in [3.8, 4) is 0 Å². The molecule has 0 fully saturated rings. The van der Waals surface area contributed by atoms with Crippen LogP contribution in [0.25, 0.3) is 0 Å². The first-order valence-corrected chi connectivity index (χ1v) is 8.29. The van der Waals surface area contributed by atoms with Crippen molar-refractivity contribution >= 4 is 16.7 Å². The van der Waals surface area contributed by atoms with E-state index in [1.165, 1.54) is 28.1 Å². The van der Waals surface area contributed by atoms with E-state index in [9.17, 15) is 17.8 Å². The summed E-state index contributed by atoms with van der Waals surface area (Å²) in [5.41, 5.74) is 0.475. The third-order valence-electron chi connectivity index (χ3n) is 3.54. The van der Waals surface area contributed by atoms with Crippen LogP contribution in [-0.2, 0) is 22.1 Å². The van der Waals surface area contributed by atoms with E-state index < -0.39 is 28.5 Å². The molecule has 0 N–H and O–H groups in total. The third kappa shape index (κ3) is 3.79. The van der Waals surface area contributed by atoms with E-state index in [1.807, 2.05) is 0 Å². The second kappa shape index (κ2) is 6.95. The number of hydrogen-bond donors (Lipinski definition) is 0. The molecule has 2 atom stereocenters. The Bertz CT molecular complexity index is 750. The maximum Gasteiger partial charge on any atom is 0.242 e. The Morgan fingerprint density at radius 1 is 1.39 bits per heavy atom. The molecule has 1 aromatic carbocycles. The molecule has 2 aromatic rings. The topological polar surface area (TPSA) is 68.1 Å². The first-order chi connectivity index (χ1) is 10.8. The maximum atomic E-state index is 13.3. The molecular weight excluding hydrogens is 326 g/mol. The fourth-order valence-electron chi connectivity index (χ4n) is 2.04. The molecule has 6 nitrogen and oxygen atoms in total. The lowest BCUT2D eigenvalue weighted by Gasteiger charge is -2.25. The number of nitrogens with zero attached hydrogens (tertiary/aromatic N) is 4. The van der Waals surface area contributed by atoms with Crippen molar-refractivity contribution < 1.29 is 17.8 Å². The molecule has 1 aromatic heterocycles. The SMILES string of the molecule is C[C@H](c1ccc(F)c(F)c1)N(C)C(=O)Cn1cnnc1[S@@](C)=O. The van der Waals surface area contributed by atoms with Crippen molar-refractivity contribution in [3.05, 3.63) is 41.7 Å². The van der Waals surface area contributed by atoms with Gasteiger partial charge < -0.3 is 4.90 Å². The van der Waals surface area contributed by atoms with Gasteiger partial charge in [0.25, 0.3) is 0 Å². The van der Waals surface area contributed by atoms with Crippen LogP contribution in [-0.4, -0.2) is 43.1 Å². The minimum atomic E-state index is -1.36. The van der Waals surface area contributed by atoms with Crippen LogP contribution in [0.2, 0.25) is 0 Å². The van der Waals surface area contributed by atoms with Crippen LogP contribution in [0.3, 0.4) is 0 Å². The lowest BCUT2D eigenvalue weighted by atomic mass is 10.1. The molecule has 9 heteroatoms. The fourth-order valence-corrected chi connectivity index (χ4v) is 2.65. The number of hydrogen-bond acceptors (Lipinski definition) is 4. The van der Waals surface area contributed by atoms with Gasteiger partial charge in [0, 0.05) is 13.3 Å². The van der Waals surface area contributed by atoms with E-state index in [2.05, 4.69) is 10.2 Å². The highest BCUT2D eigenvalue weighted by Gasteiger charge is 2.20. The normalized spacial score (nSPS) is 13.6. The van der Waals surface area contributed by atoms with Gasteiger partial charge in [0.05, 0.1) is 16.8 Å². The summed E-state index contributed by atoms with van der Waals surface area (Å²) in [4.78, 5) is 13.7. The van der Waals surface area contributed by atoms with E-state index >= 15 is 0 Å². The van der Waals surface area contributed by atoms with Gasteiger partial charge in [-0.05, 0) is 24.6 Å². The lowest BCUT2D eigenvalue weighted by Crippen LogP contribution is -2.33. The van der Waals surface area contributed by atoms with Crippen LogP contribution in [0, 0.1) is 11.6 Å². The zero-order valence-corrected chi connectivity index (χ0v) is 13.7. The third-order valence-corrected chi connectivity index (χ3v) is 4.37. The highest BCUT2D eigenvalue weighted by atomic mass is 32.2. The number of halogens is 2. The van der Waals surface area contributed by atoms with Gasteiger partial charge in [0.15, 0.2) is 11.6 Å². The molecule has 2 rings (SSSR count). The van der Waals surface area contributed by atoms with E-state index in [0.717, 1.165) is 12.1 Å². The number of benzene rings is 1. The van der Waals surface area contributed by atoms with Gasteiger partial charge in [0.2, 0.25) is 11.1 Å². The minimum Gasteiger partial charge on any atom is -0.337 e. The summed E-state index contributed by atoms with van der Waals surface area (Å²) in [6.45, 7) is 1.61. The molecular formula is C14H16F2N4O2S. The molecule has 0 unspecified atom stereocenters. The number of carbonyl (C=O) groups excluding carboxylic acids is 1. The average molecular weight is 342 g/mol. The molecule has 1 amide bonds. The Balaban J connectivity index is 2.13. The van der Waals surface area contributed by atoms with Crippen LogP contribution in [0.4, 0.5) is 8.78 Å². The second-order valence-electron chi connectivity index (χ2n) is 5.05. The molecule has 0 bridgehead atoms. The Morgan fingerprint density at radius 2 is 2.09 bits per heavy atom. The van der Waals surface area contributed by atoms with Crippen molar-refractivity contribution in [3.63, 3.8) is 0 Å². The molecule has 23 heavy (non-hydrogen) atoms. The summed E-state index contributed by atoms with van der Waals surface area (Å²) in [6.07, 6.45) is 2.77.